The van der Waals surface area contributed by atoms with Crippen molar-refractivity contribution in [3.8, 4) is 0 Å². The zero-order valence-electron chi connectivity index (χ0n) is 10.0. The van der Waals surface area contributed by atoms with Crippen molar-refractivity contribution in [2.24, 2.45) is 0 Å². The van der Waals surface area contributed by atoms with Gasteiger partial charge < -0.3 is 5.11 Å². The molecule has 84 valence electrons. The SMILES string of the molecule is CCCCC(O)c1ccccc1[SiH](C)C. The quantitative estimate of drug-likeness (QED) is 0.759. The van der Waals surface area contributed by atoms with Crippen LogP contribution < -0.4 is 5.19 Å². The van der Waals surface area contributed by atoms with Crippen LogP contribution in [-0.2, 0) is 0 Å². The normalized spacial score (nSPS) is 13.1. The van der Waals surface area contributed by atoms with Crippen LogP contribution in [0.3, 0.4) is 0 Å². The van der Waals surface area contributed by atoms with Crippen LogP contribution in [-0.4, -0.2) is 13.9 Å². The van der Waals surface area contributed by atoms with Crippen LogP contribution in [0.1, 0.15) is 37.9 Å². The van der Waals surface area contributed by atoms with E-state index >= 15 is 0 Å². The predicted molar refractivity (Wildman–Crippen MR) is 69.4 cm³/mol. The minimum absolute atomic E-state index is 0.254. The molecule has 0 spiro atoms. The molecule has 1 aromatic rings. The molecule has 0 saturated heterocycles. The van der Waals surface area contributed by atoms with Gasteiger partial charge in [0.25, 0.3) is 0 Å². The fourth-order valence-electron chi connectivity index (χ4n) is 1.89. The standard InChI is InChI=1S/C13H22OSi/c1-4-5-9-12(14)11-8-6-7-10-13(11)15(2)3/h6-8,10,12,14-15H,4-5,9H2,1-3H3. The second-order valence-corrected chi connectivity index (χ2v) is 7.37. The first-order valence-electron chi connectivity index (χ1n) is 5.93. The third-order valence-corrected chi connectivity index (χ3v) is 4.58. The highest BCUT2D eigenvalue weighted by Crippen LogP contribution is 2.17. The summed E-state index contributed by atoms with van der Waals surface area (Å²) in [6.07, 6.45) is 2.90. The summed E-state index contributed by atoms with van der Waals surface area (Å²) in [7, 11) is -0.818. The lowest BCUT2D eigenvalue weighted by molar-refractivity contribution is 0.165. The topological polar surface area (TPSA) is 20.2 Å². The first kappa shape index (κ1) is 12.5. The molecule has 1 aromatic carbocycles. The molecular formula is C13H22OSi. The highest BCUT2D eigenvalue weighted by molar-refractivity contribution is 6.71. The van der Waals surface area contributed by atoms with Gasteiger partial charge in [-0.3, -0.25) is 0 Å². The maximum atomic E-state index is 10.1. The second kappa shape index (κ2) is 6.08. The molecule has 0 saturated carbocycles. The lowest BCUT2D eigenvalue weighted by Crippen LogP contribution is -2.28. The molecule has 0 heterocycles. The van der Waals surface area contributed by atoms with Crippen LogP contribution >= 0.6 is 0 Å². The van der Waals surface area contributed by atoms with E-state index in [4.69, 9.17) is 0 Å². The van der Waals surface area contributed by atoms with Gasteiger partial charge in [0, 0.05) is 0 Å². The summed E-state index contributed by atoms with van der Waals surface area (Å²) in [6, 6.07) is 8.38. The fourth-order valence-corrected chi connectivity index (χ4v) is 3.34. The number of benzene rings is 1. The fraction of sp³-hybridized carbons (Fsp3) is 0.538. The van der Waals surface area contributed by atoms with E-state index in [0.717, 1.165) is 19.3 Å². The molecule has 1 nitrogen and oxygen atoms in total. The van der Waals surface area contributed by atoms with Crippen LogP contribution in [0.4, 0.5) is 0 Å². The third-order valence-electron chi connectivity index (χ3n) is 2.81. The average molecular weight is 222 g/mol. The van der Waals surface area contributed by atoms with Crippen LogP contribution in [0, 0.1) is 0 Å². The van der Waals surface area contributed by atoms with Crippen molar-refractivity contribution in [2.75, 3.05) is 0 Å². The van der Waals surface area contributed by atoms with Gasteiger partial charge in [-0.25, -0.2) is 0 Å². The van der Waals surface area contributed by atoms with Gasteiger partial charge in [-0.05, 0) is 12.0 Å². The molecule has 0 aliphatic rings. The van der Waals surface area contributed by atoms with Crippen LogP contribution in [0.2, 0.25) is 13.1 Å². The minimum Gasteiger partial charge on any atom is -0.388 e. The summed E-state index contributed by atoms with van der Waals surface area (Å²) < 4.78 is 0. The molecule has 0 aliphatic heterocycles. The molecule has 0 aromatic heterocycles. The van der Waals surface area contributed by atoms with Gasteiger partial charge in [0.05, 0.1) is 14.9 Å². The summed E-state index contributed by atoms with van der Waals surface area (Å²) in [5, 5.41) is 11.5. The summed E-state index contributed by atoms with van der Waals surface area (Å²) >= 11 is 0. The Kier molecular flexibility index (Phi) is 5.06. The Bertz CT molecular complexity index is 296. The van der Waals surface area contributed by atoms with Crippen molar-refractivity contribution in [3.05, 3.63) is 29.8 Å². The van der Waals surface area contributed by atoms with Crippen LogP contribution in [0.25, 0.3) is 0 Å². The van der Waals surface area contributed by atoms with E-state index in [2.05, 4.69) is 38.2 Å². The molecular weight excluding hydrogens is 200 g/mol. The zero-order valence-corrected chi connectivity index (χ0v) is 11.2. The number of rotatable bonds is 5. The van der Waals surface area contributed by atoms with Crippen molar-refractivity contribution in [1.82, 2.24) is 0 Å². The van der Waals surface area contributed by atoms with Crippen molar-refractivity contribution < 1.29 is 5.11 Å². The summed E-state index contributed by atoms with van der Waals surface area (Å²) in [6.45, 7) is 6.78. The molecule has 0 amide bonds. The molecule has 1 rings (SSSR count). The van der Waals surface area contributed by atoms with Crippen molar-refractivity contribution in [3.63, 3.8) is 0 Å². The maximum absolute atomic E-state index is 10.1. The molecule has 15 heavy (non-hydrogen) atoms. The van der Waals surface area contributed by atoms with Crippen molar-refractivity contribution in [2.45, 2.75) is 45.4 Å². The second-order valence-electron chi connectivity index (χ2n) is 4.44. The molecule has 0 radical (unpaired) electrons. The lowest BCUT2D eigenvalue weighted by atomic mass is 10.0. The van der Waals surface area contributed by atoms with E-state index in [1.807, 2.05) is 6.07 Å². The summed E-state index contributed by atoms with van der Waals surface area (Å²) in [5.74, 6) is 0. The van der Waals surface area contributed by atoms with Crippen molar-refractivity contribution >= 4 is 14.0 Å². The number of unbranched alkanes of at least 4 members (excludes halogenated alkanes) is 1. The number of hydrogen-bond donors (Lipinski definition) is 1. The Labute approximate surface area is 94.8 Å². The van der Waals surface area contributed by atoms with E-state index in [1.54, 1.807) is 0 Å². The Morgan fingerprint density at radius 1 is 1.27 bits per heavy atom. The molecule has 1 unspecified atom stereocenters. The molecule has 2 heteroatoms. The first-order chi connectivity index (χ1) is 7.16. The number of aliphatic hydroxyl groups excluding tert-OH is 1. The van der Waals surface area contributed by atoms with Gasteiger partial charge in [-0.15, -0.1) is 0 Å². The monoisotopic (exact) mass is 222 g/mol. The van der Waals surface area contributed by atoms with Gasteiger partial charge in [0.2, 0.25) is 0 Å². The van der Waals surface area contributed by atoms with E-state index in [0.29, 0.717) is 0 Å². The molecule has 0 bridgehead atoms. The summed E-state index contributed by atoms with van der Waals surface area (Å²) in [5.41, 5.74) is 1.17. The molecule has 0 fully saturated rings. The highest BCUT2D eigenvalue weighted by Gasteiger charge is 2.13. The van der Waals surface area contributed by atoms with Crippen LogP contribution in [0.15, 0.2) is 24.3 Å². The summed E-state index contributed by atoms with van der Waals surface area (Å²) in [4.78, 5) is 0. The molecule has 0 aliphatic carbocycles. The predicted octanol–water partition coefficient (Wildman–Crippen LogP) is 2.60. The van der Waals surface area contributed by atoms with E-state index in [1.165, 1.54) is 10.8 Å². The van der Waals surface area contributed by atoms with E-state index in [-0.39, 0.29) is 6.10 Å². The van der Waals surface area contributed by atoms with E-state index in [9.17, 15) is 5.11 Å². The molecule has 1 N–H and O–H groups in total. The maximum Gasteiger partial charge on any atom is 0.0788 e. The Morgan fingerprint density at radius 2 is 1.93 bits per heavy atom. The van der Waals surface area contributed by atoms with Crippen LogP contribution in [0.5, 0.6) is 0 Å². The Morgan fingerprint density at radius 3 is 2.53 bits per heavy atom. The molecule has 1 atom stereocenters. The average Bonchev–Trinajstić information content (AvgIpc) is 2.25. The largest absolute Gasteiger partial charge is 0.388 e. The van der Waals surface area contributed by atoms with Gasteiger partial charge in [0.1, 0.15) is 0 Å². The number of aliphatic hydroxyl groups is 1. The van der Waals surface area contributed by atoms with Crippen molar-refractivity contribution in [1.29, 1.82) is 0 Å². The van der Waals surface area contributed by atoms with Gasteiger partial charge in [-0.2, -0.15) is 0 Å². The third kappa shape index (κ3) is 3.47. The van der Waals surface area contributed by atoms with E-state index < -0.39 is 8.80 Å². The minimum atomic E-state index is -0.818. The lowest BCUT2D eigenvalue weighted by Gasteiger charge is -2.17. The Hall–Kier alpha value is -0.603. The van der Waals surface area contributed by atoms with Gasteiger partial charge >= 0.3 is 0 Å². The van der Waals surface area contributed by atoms with Gasteiger partial charge in [-0.1, -0.05) is 62.3 Å². The number of hydrogen-bond acceptors (Lipinski definition) is 1. The zero-order chi connectivity index (χ0) is 11.3. The highest BCUT2D eigenvalue weighted by atomic mass is 28.3. The first-order valence-corrected chi connectivity index (χ1v) is 8.82. The smallest absolute Gasteiger partial charge is 0.0788 e. The van der Waals surface area contributed by atoms with Gasteiger partial charge in [0.15, 0.2) is 0 Å². The Balaban J connectivity index is 2.82.